The monoisotopic (exact) mass is 486 g/mol. The van der Waals surface area contributed by atoms with Crippen molar-refractivity contribution < 1.29 is 18.5 Å². The van der Waals surface area contributed by atoms with Gasteiger partial charge in [0.25, 0.3) is 0 Å². The Bertz CT molecular complexity index is 1140. The summed E-state index contributed by atoms with van der Waals surface area (Å²) in [6.45, 7) is 25.8. The molecule has 0 fully saturated rings. The summed E-state index contributed by atoms with van der Waals surface area (Å²) < 4.78 is 25.1. The Labute approximate surface area is 206 Å². The van der Waals surface area contributed by atoms with E-state index in [1.165, 1.54) is 5.57 Å². The minimum atomic E-state index is -4.43. The van der Waals surface area contributed by atoms with Crippen LogP contribution in [0.15, 0.2) is 40.7 Å². The molecule has 2 aliphatic rings. The van der Waals surface area contributed by atoms with Crippen LogP contribution in [0.4, 0.5) is 0 Å². The predicted octanol–water partition coefficient (Wildman–Crippen LogP) is 8.85. The van der Waals surface area contributed by atoms with E-state index in [2.05, 4.69) is 107 Å². The Kier molecular flexibility index (Phi) is 6.42. The van der Waals surface area contributed by atoms with Crippen LogP contribution >= 0.6 is 7.82 Å². The third-order valence-electron chi connectivity index (χ3n) is 6.54. The van der Waals surface area contributed by atoms with Crippen LogP contribution < -0.4 is 4.52 Å². The summed E-state index contributed by atoms with van der Waals surface area (Å²) in [7, 11) is -4.43. The zero-order chi connectivity index (χ0) is 26.1. The van der Waals surface area contributed by atoms with Crippen LogP contribution in [0.1, 0.15) is 106 Å². The summed E-state index contributed by atoms with van der Waals surface area (Å²) >= 11 is 0. The molecule has 1 atom stereocenters. The van der Waals surface area contributed by atoms with E-state index in [1.54, 1.807) is 0 Å². The first-order valence-corrected chi connectivity index (χ1v) is 13.7. The molecule has 1 aliphatic heterocycles. The second kappa shape index (κ2) is 8.14. The highest BCUT2D eigenvalue weighted by molar-refractivity contribution is 7.48. The number of phosphoric ester groups is 1. The molecule has 1 aromatic rings. The lowest BCUT2D eigenvalue weighted by atomic mass is 9.73. The van der Waals surface area contributed by atoms with E-state index in [1.807, 2.05) is 0 Å². The topological polar surface area (TPSA) is 55.8 Å². The molecule has 4 nitrogen and oxygen atoms in total. The van der Waals surface area contributed by atoms with Gasteiger partial charge in [0.2, 0.25) is 0 Å². The van der Waals surface area contributed by atoms with E-state index in [-0.39, 0.29) is 21.7 Å². The molecular formula is C29H43O4P. The maximum absolute atomic E-state index is 13.4. The Balaban J connectivity index is 2.45. The highest BCUT2D eigenvalue weighted by Crippen LogP contribution is 2.56. The lowest BCUT2D eigenvalue weighted by Crippen LogP contribution is -2.23. The van der Waals surface area contributed by atoms with E-state index >= 15 is 0 Å². The molecule has 0 amide bonds. The third-order valence-corrected chi connectivity index (χ3v) is 7.37. The predicted molar refractivity (Wildman–Crippen MR) is 142 cm³/mol. The van der Waals surface area contributed by atoms with Crippen molar-refractivity contribution in [2.24, 2.45) is 10.8 Å². The Morgan fingerprint density at radius 1 is 0.765 bits per heavy atom. The Morgan fingerprint density at radius 3 is 1.82 bits per heavy atom. The molecule has 1 unspecified atom stereocenters. The third kappa shape index (κ3) is 5.55. The highest BCUT2D eigenvalue weighted by Gasteiger charge is 2.39. The lowest BCUT2D eigenvalue weighted by molar-refractivity contribution is 0.243. The second-order valence-electron chi connectivity index (χ2n) is 13.9. The van der Waals surface area contributed by atoms with Crippen LogP contribution in [-0.2, 0) is 19.9 Å². The number of phosphoric acid groups is 1. The smallest absolute Gasteiger partial charge is 0.395 e. The molecule has 1 aliphatic carbocycles. The van der Waals surface area contributed by atoms with Crippen molar-refractivity contribution in [3.63, 3.8) is 0 Å². The molecule has 3 rings (SSSR count). The molecule has 0 bridgehead atoms. The molecule has 0 saturated carbocycles. The van der Waals surface area contributed by atoms with Crippen LogP contribution in [0.2, 0.25) is 0 Å². The van der Waals surface area contributed by atoms with Gasteiger partial charge in [-0.15, -0.1) is 0 Å². The highest BCUT2D eigenvalue weighted by atomic mass is 31.2. The van der Waals surface area contributed by atoms with Crippen molar-refractivity contribution in [1.29, 1.82) is 0 Å². The average molecular weight is 487 g/mol. The van der Waals surface area contributed by atoms with Gasteiger partial charge in [0.15, 0.2) is 0 Å². The largest absolute Gasteiger partial charge is 0.584 e. The molecule has 1 N–H and O–H groups in total. The first-order chi connectivity index (χ1) is 15.1. The minimum Gasteiger partial charge on any atom is -0.395 e. The van der Waals surface area contributed by atoms with Gasteiger partial charge in [-0.05, 0) is 51.4 Å². The number of fused-ring (bicyclic) bond motifs is 2. The first kappa shape index (κ1) is 26.8. The van der Waals surface area contributed by atoms with Gasteiger partial charge in [0.05, 0.1) is 0 Å². The van der Waals surface area contributed by atoms with E-state index in [0.29, 0.717) is 17.9 Å². The van der Waals surface area contributed by atoms with E-state index in [4.69, 9.17) is 9.05 Å². The average Bonchev–Trinajstić information content (AvgIpc) is 2.58. The molecule has 1 heterocycles. The van der Waals surface area contributed by atoms with Gasteiger partial charge in [0, 0.05) is 16.7 Å². The van der Waals surface area contributed by atoms with Crippen LogP contribution in [-0.4, -0.2) is 4.89 Å². The molecule has 5 heteroatoms. The summed E-state index contributed by atoms with van der Waals surface area (Å²) in [5, 5.41) is 0. The Morgan fingerprint density at radius 2 is 1.35 bits per heavy atom. The quantitative estimate of drug-likeness (QED) is 0.372. The number of hydrogen-bond donors (Lipinski definition) is 1. The van der Waals surface area contributed by atoms with E-state index in [0.717, 1.165) is 27.8 Å². The zero-order valence-electron chi connectivity index (χ0n) is 23.1. The summed E-state index contributed by atoms with van der Waals surface area (Å²) in [4.78, 5) is 10.9. The van der Waals surface area contributed by atoms with E-state index in [9.17, 15) is 9.46 Å². The maximum atomic E-state index is 13.4. The first-order valence-electron chi connectivity index (χ1n) is 12.2. The molecule has 0 spiro atoms. The molecule has 34 heavy (non-hydrogen) atoms. The molecule has 188 valence electrons. The lowest BCUT2D eigenvalue weighted by Gasteiger charge is -2.36. The number of hydrogen-bond acceptors (Lipinski definition) is 3. The summed E-state index contributed by atoms with van der Waals surface area (Å²) in [6.07, 6.45) is 4.92. The molecule has 0 aromatic heterocycles. The van der Waals surface area contributed by atoms with Crippen molar-refractivity contribution in [2.45, 2.75) is 100 Å². The fourth-order valence-electron chi connectivity index (χ4n) is 4.30. The SMILES string of the molecule is CC(C)(C)C1=CC(C(C)(C)C)=C2OP(=O)(O)Oc3c(cc(C(C)(C)C)cc3C(C)(C)C)/C=C\2C1. The van der Waals surface area contributed by atoms with Crippen LogP contribution in [0.5, 0.6) is 5.75 Å². The fraction of sp³-hybridized carbons (Fsp3) is 0.586. The van der Waals surface area contributed by atoms with Crippen molar-refractivity contribution in [3.8, 4) is 5.75 Å². The van der Waals surface area contributed by atoms with Crippen LogP contribution in [0, 0.1) is 10.8 Å². The molecule has 0 saturated heterocycles. The van der Waals surface area contributed by atoms with Gasteiger partial charge in [-0.3, -0.25) is 4.89 Å². The van der Waals surface area contributed by atoms with Crippen molar-refractivity contribution >= 4 is 13.9 Å². The number of benzene rings is 1. The minimum absolute atomic E-state index is 0.0443. The van der Waals surface area contributed by atoms with Crippen molar-refractivity contribution in [2.75, 3.05) is 0 Å². The van der Waals surface area contributed by atoms with Gasteiger partial charge in [0.1, 0.15) is 11.5 Å². The zero-order valence-corrected chi connectivity index (χ0v) is 24.0. The maximum Gasteiger partial charge on any atom is 0.584 e. The molecule has 0 radical (unpaired) electrons. The molecule has 1 aromatic carbocycles. The normalized spacial score (nSPS) is 23.4. The summed E-state index contributed by atoms with van der Waals surface area (Å²) in [6, 6.07) is 4.21. The van der Waals surface area contributed by atoms with E-state index < -0.39 is 7.82 Å². The van der Waals surface area contributed by atoms with Crippen LogP contribution in [0.3, 0.4) is 0 Å². The van der Waals surface area contributed by atoms with Crippen molar-refractivity contribution in [1.82, 2.24) is 0 Å². The Hall–Kier alpha value is -1.77. The number of allylic oxidation sites excluding steroid dienone is 4. The van der Waals surface area contributed by atoms with Gasteiger partial charge >= 0.3 is 7.82 Å². The van der Waals surface area contributed by atoms with Gasteiger partial charge in [-0.1, -0.05) is 101 Å². The summed E-state index contributed by atoms with van der Waals surface area (Å²) in [5.41, 5.74) is 5.29. The van der Waals surface area contributed by atoms with Gasteiger partial charge in [-0.25, -0.2) is 4.57 Å². The number of rotatable bonds is 0. The summed E-state index contributed by atoms with van der Waals surface area (Å²) in [5.74, 6) is 0.900. The van der Waals surface area contributed by atoms with Gasteiger partial charge < -0.3 is 9.05 Å². The standard InChI is InChI=1S/C29H43O4P/c1-26(2,3)20-14-18-13-19-15-21(27(4,5)6)17-23(29(10,11)12)25(19)33-34(30,31)32-24(18)22(16-20)28(7,8)9/h13-14,16-17H,15H2,1-12H3,(H,30,31)/b19-13-. The molecular weight excluding hydrogens is 443 g/mol. The van der Waals surface area contributed by atoms with Gasteiger partial charge in [-0.2, -0.15) is 0 Å². The fourth-order valence-corrected chi connectivity index (χ4v) is 5.22. The van der Waals surface area contributed by atoms with Crippen LogP contribution in [0.25, 0.3) is 6.08 Å². The van der Waals surface area contributed by atoms with Crippen molar-refractivity contribution in [3.05, 3.63) is 57.4 Å². The second-order valence-corrected chi connectivity index (χ2v) is 15.2.